The van der Waals surface area contributed by atoms with E-state index >= 15 is 8.78 Å². The van der Waals surface area contributed by atoms with Gasteiger partial charge in [-0.15, -0.1) is 0 Å². The third-order valence-electron chi connectivity index (χ3n) is 7.64. The van der Waals surface area contributed by atoms with Gasteiger partial charge in [0.25, 0.3) is 0 Å². The summed E-state index contributed by atoms with van der Waals surface area (Å²) in [5.74, 6) is -2.20. The van der Waals surface area contributed by atoms with Gasteiger partial charge >= 0.3 is 0 Å². The fourth-order valence-electron chi connectivity index (χ4n) is 5.42. The van der Waals surface area contributed by atoms with Gasteiger partial charge in [0, 0.05) is 38.9 Å². The molecule has 2 aromatic heterocycles. The predicted octanol–water partition coefficient (Wildman–Crippen LogP) is 5.26. The van der Waals surface area contributed by atoms with Crippen LogP contribution in [0.5, 0.6) is 5.75 Å². The highest BCUT2D eigenvalue weighted by molar-refractivity contribution is 6.07. The van der Waals surface area contributed by atoms with E-state index in [2.05, 4.69) is 21.5 Å². The number of pyridine rings is 2. The van der Waals surface area contributed by atoms with Gasteiger partial charge < -0.3 is 14.9 Å². The number of benzene rings is 1. The Morgan fingerprint density at radius 1 is 1.19 bits per heavy atom. The summed E-state index contributed by atoms with van der Waals surface area (Å²) in [5, 5.41) is 10.8. The minimum atomic E-state index is -0.911. The highest BCUT2D eigenvalue weighted by Gasteiger charge is 2.33. The van der Waals surface area contributed by atoms with Crippen molar-refractivity contribution < 1.29 is 23.5 Å². The molecule has 2 amide bonds. The minimum Gasteiger partial charge on any atom is -0.507 e. The van der Waals surface area contributed by atoms with Crippen LogP contribution in [0.25, 0.3) is 11.3 Å². The number of aromatic hydroxyl groups is 1. The number of hydrogen-bond acceptors (Lipinski definition) is 6. The van der Waals surface area contributed by atoms with Gasteiger partial charge in [0.05, 0.1) is 22.5 Å². The van der Waals surface area contributed by atoms with Crippen LogP contribution in [0.2, 0.25) is 0 Å². The number of aryl methyl sites for hydroxylation is 2. The predicted molar refractivity (Wildman–Crippen MR) is 163 cm³/mol. The number of aromatic nitrogens is 2. The van der Waals surface area contributed by atoms with Crippen LogP contribution < -0.4 is 4.90 Å². The minimum absolute atomic E-state index is 0.0119. The first-order valence-electron chi connectivity index (χ1n) is 14.0. The van der Waals surface area contributed by atoms with E-state index in [0.717, 1.165) is 12.1 Å². The van der Waals surface area contributed by atoms with E-state index < -0.39 is 28.6 Å². The summed E-state index contributed by atoms with van der Waals surface area (Å²) in [6.45, 7) is 13.8. The molecule has 1 atom stereocenters. The summed E-state index contributed by atoms with van der Waals surface area (Å²) >= 11 is 0. The van der Waals surface area contributed by atoms with Gasteiger partial charge in [-0.25, -0.2) is 13.8 Å². The lowest BCUT2D eigenvalue weighted by Gasteiger charge is -2.41. The molecular formula is C32H36F2N6O3. The molecule has 1 unspecified atom stereocenters. The zero-order valence-corrected chi connectivity index (χ0v) is 25.2. The van der Waals surface area contributed by atoms with Crippen LogP contribution in [0.4, 0.5) is 20.3 Å². The van der Waals surface area contributed by atoms with E-state index in [-0.39, 0.29) is 29.2 Å². The van der Waals surface area contributed by atoms with Crippen molar-refractivity contribution in [2.75, 3.05) is 31.6 Å². The third kappa shape index (κ3) is 5.84. The van der Waals surface area contributed by atoms with Gasteiger partial charge in [0.2, 0.25) is 12.3 Å². The Kier molecular flexibility index (Phi) is 9.22. The van der Waals surface area contributed by atoms with E-state index in [0.29, 0.717) is 54.4 Å². The number of phenols is 1. The number of piperazine rings is 1. The second kappa shape index (κ2) is 12.7. The molecule has 1 aromatic carbocycles. The van der Waals surface area contributed by atoms with Crippen LogP contribution >= 0.6 is 0 Å². The number of carbonyl (C=O) groups is 2. The summed E-state index contributed by atoms with van der Waals surface area (Å²) in [5.41, 5.74) is 1.42. The quantitative estimate of drug-likeness (QED) is 0.174. The summed E-state index contributed by atoms with van der Waals surface area (Å²) in [7, 11) is 1.55. The number of aliphatic imine (C=N–C) groups is 1. The lowest BCUT2D eigenvalue weighted by molar-refractivity contribution is -0.128. The smallest absolute Gasteiger partial charge is 0.246 e. The zero-order chi connectivity index (χ0) is 31.6. The molecule has 0 bridgehead atoms. The lowest BCUT2D eigenvalue weighted by atomic mass is 10.0. The topological polar surface area (TPSA) is 102 Å². The molecule has 3 heterocycles. The highest BCUT2D eigenvalue weighted by Crippen LogP contribution is 2.40. The van der Waals surface area contributed by atoms with Crippen molar-refractivity contribution in [3.63, 3.8) is 0 Å². The van der Waals surface area contributed by atoms with Gasteiger partial charge in [0.1, 0.15) is 23.1 Å². The maximum atomic E-state index is 16.0. The molecule has 3 aromatic rings. The number of amides is 2. The summed E-state index contributed by atoms with van der Waals surface area (Å²) in [4.78, 5) is 43.6. The Balaban J connectivity index is 2.00. The third-order valence-corrected chi connectivity index (χ3v) is 7.64. The van der Waals surface area contributed by atoms with Gasteiger partial charge in [-0.1, -0.05) is 26.5 Å². The summed E-state index contributed by atoms with van der Waals surface area (Å²) in [6.07, 6.45) is 3.47. The highest BCUT2D eigenvalue weighted by atomic mass is 19.1. The average molecular weight is 591 g/mol. The normalized spacial score (nSPS) is 15.6. The van der Waals surface area contributed by atoms with Crippen molar-refractivity contribution in [1.82, 2.24) is 19.8 Å². The Bertz CT molecular complexity index is 1610. The number of nitrogens with zero attached hydrogens (tertiary/aromatic N) is 6. The molecule has 11 heteroatoms. The standard InChI is InChI=1S/C32H36F2N6O3/c1-8-25(42)38-13-14-39(21(6)16-38)31(35-7)22-15-24(34)28(26-23(33)10-9-20(5)30(26)43)37-32(22)40(17-41)29-19(4)11-12-36-27(29)18(2)3/h8-12,15,17-18,21,43H,1,13-14,16H2,2-7H3. The number of amidine groups is 1. The Morgan fingerprint density at radius 2 is 1.91 bits per heavy atom. The van der Waals surface area contributed by atoms with Crippen molar-refractivity contribution in [3.8, 4) is 17.0 Å². The molecule has 1 N–H and O–H groups in total. The van der Waals surface area contributed by atoms with Crippen LogP contribution in [-0.4, -0.2) is 75.8 Å². The summed E-state index contributed by atoms with van der Waals surface area (Å²) < 4.78 is 31.2. The molecule has 4 rings (SSSR count). The van der Waals surface area contributed by atoms with Gasteiger partial charge in [-0.2, -0.15) is 0 Å². The molecular weight excluding hydrogens is 554 g/mol. The molecule has 0 aliphatic carbocycles. The first-order chi connectivity index (χ1) is 20.4. The number of halogens is 2. The number of rotatable bonds is 7. The van der Waals surface area contributed by atoms with E-state index in [1.807, 2.05) is 32.6 Å². The van der Waals surface area contributed by atoms with Crippen LogP contribution in [0.1, 0.15) is 49.1 Å². The molecule has 1 aliphatic heterocycles. The number of carbonyl (C=O) groups excluding carboxylic acids is 2. The van der Waals surface area contributed by atoms with Crippen LogP contribution in [0, 0.1) is 25.5 Å². The van der Waals surface area contributed by atoms with Crippen LogP contribution in [-0.2, 0) is 9.59 Å². The van der Waals surface area contributed by atoms with E-state index in [1.165, 1.54) is 17.0 Å². The Hall–Kier alpha value is -4.67. The van der Waals surface area contributed by atoms with Crippen molar-refractivity contribution in [1.29, 1.82) is 0 Å². The first kappa shape index (κ1) is 31.3. The van der Waals surface area contributed by atoms with Crippen molar-refractivity contribution in [3.05, 3.63) is 77.1 Å². The van der Waals surface area contributed by atoms with Gasteiger partial charge in [-0.05, 0) is 62.1 Å². The number of hydrogen-bond donors (Lipinski definition) is 1. The van der Waals surface area contributed by atoms with Crippen molar-refractivity contribution in [2.24, 2.45) is 4.99 Å². The lowest BCUT2D eigenvalue weighted by Crippen LogP contribution is -2.55. The molecule has 0 saturated carbocycles. The maximum Gasteiger partial charge on any atom is 0.246 e. The molecule has 0 radical (unpaired) electrons. The van der Waals surface area contributed by atoms with Crippen molar-refractivity contribution in [2.45, 2.75) is 46.6 Å². The van der Waals surface area contributed by atoms with Crippen molar-refractivity contribution >= 4 is 29.7 Å². The maximum absolute atomic E-state index is 16.0. The van der Waals surface area contributed by atoms with E-state index in [9.17, 15) is 14.7 Å². The monoisotopic (exact) mass is 590 g/mol. The molecule has 9 nitrogen and oxygen atoms in total. The Labute approximate surface area is 250 Å². The molecule has 1 aliphatic rings. The SMILES string of the molecule is C=CC(=O)N1CCN(C(=NC)c2cc(F)c(-c3c(F)ccc(C)c3O)nc2N(C=O)c2c(C)ccnc2C(C)C)C(C)C1. The van der Waals surface area contributed by atoms with E-state index in [4.69, 9.17) is 0 Å². The van der Waals surface area contributed by atoms with Gasteiger partial charge in [0.15, 0.2) is 11.6 Å². The summed E-state index contributed by atoms with van der Waals surface area (Å²) in [6, 6.07) is 5.19. The molecule has 1 fully saturated rings. The second-order valence-electron chi connectivity index (χ2n) is 10.8. The number of phenolic OH excluding ortho intramolecular Hbond substituents is 1. The Morgan fingerprint density at radius 3 is 2.51 bits per heavy atom. The molecule has 43 heavy (non-hydrogen) atoms. The molecule has 0 spiro atoms. The fourth-order valence-corrected chi connectivity index (χ4v) is 5.42. The second-order valence-corrected chi connectivity index (χ2v) is 10.8. The van der Waals surface area contributed by atoms with Crippen LogP contribution in [0.3, 0.4) is 0 Å². The molecule has 226 valence electrons. The van der Waals surface area contributed by atoms with Crippen LogP contribution in [0.15, 0.2) is 48.1 Å². The fraction of sp³-hybridized carbons (Fsp3) is 0.344. The zero-order valence-electron chi connectivity index (χ0n) is 25.2. The van der Waals surface area contributed by atoms with E-state index in [1.54, 1.807) is 31.1 Å². The first-order valence-corrected chi connectivity index (χ1v) is 14.0. The molecule has 1 saturated heterocycles. The average Bonchev–Trinajstić information content (AvgIpc) is 2.98. The number of anilines is 2. The largest absolute Gasteiger partial charge is 0.507 e. The van der Waals surface area contributed by atoms with Gasteiger partial charge in [-0.3, -0.25) is 24.5 Å².